The van der Waals surface area contributed by atoms with Gasteiger partial charge in [-0.25, -0.2) is 13.1 Å². The van der Waals surface area contributed by atoms with E-state index >= 15 is 0 Å². The Kier molecular flexibility index (Phi) is 4.96. The third kappa shape index (κ3) is 4.26. The zero-order valence-corrected chi connectivity index (χ0v) is 12.7. The Morgan fingerprint density at radius 1 is 1.52 bits per heavy atom. The molecular weight excluding hydrogens is 296 g/mol. The van der Waals surface area contributed by atoms with Gasteiger partial charge in [0.2, 0.25) is 10.0 Å². The molecule has 0 saturated carbocycles. The van der Waals surface area contributed by atoms with E-state index in [9.17, 15) is 13.2 Å². The Balaban J connectivity index is 1.97. The Labute approximate surface area is 123 Å². The molecule has 2 N–H and O–H groups in total. The monoisotopic (exact) mass is 316 g/mol. The number of carboxylic acids is 1. The van der Waals surface area contributed by atoms with Crippen molar-refractivity contribution in [1.82, 2.24) is 19.4 Å². The van der Waals surface area contributed by atoms with Gasteiger partial charge in [-0.1, -0.05) is 6.42 Å². The first-order chi connectivity index (χ1) is 9.88. The normalized spacial score (nSPS) is 20.5. The van der Waals surface area contributed by atoms with E-state index in [0.717, 1.165) is 36.7 Å². The lowest BCUT2D eigenvalue weighted by Gasteiger charge is -2.32. The summed E-state index contributed by atoms with van der Waals surface area (Å²) < 4.78 is 28.0. The molecule has 1 fully saturated rings. The predicted octanol–water partition coefficient (Wildman–Crippen LogP) is -0.270. The van der Waals surface area contributed by atoms with E-state index < -0.39 is 16.0 Å². The predicted molar refractivity (Wildman–Crippen MR) is 75.3 cm³/mol. The van der Waals surface area contributed by atoms with Crippen molar-refractivity contribution in [3.8, 4) is 0 Å². The molecule has 2 rings (SSSR count). The molecular formula is C12H20N4O4S. The fourth-order valence-corrected chi connectivity index (χ4v) is 3.42. The van der Waals surface area contributed by atoms with Crippen molar-refractivity contribution in [2.45, 2.75) is 36.7 Å². The lowest BCUT2D eigenvalue weighted by Crippen LogP contribution is -2.44. The number of nitrogens with one attached hydrogen (secondary N) is 1. The van der Waals surface area contributed by atoms with Crippen molar-refractivity contribution < 1.29 is 18.3 Å². The van der Waals surface area contributed by atoms with Gasteiger partial charge in [0.25, 0.3) is 0 Å². The molecule has 1 saturated heterocycles. The van der Waals surface area contributed by atoms with Gasteiger partial charge in [-0.15, -0.1) is 0 Å². The van der Waals surface area contributed by atoms with Gasteiger partial charge in [0.1, 0.15) is 11.4 Å². The minimum atomic E-state index is -3.65. The fraction of sp³-hybridized carbons (Fsp3) is 0.667. The third-order valence-electron chi connectivity index (χ3n) is 3.65. The molecule has 0 bridgehead atoms. The fourth-order valence-electron chi connectivity index (χ4n) is 2.40. The molecule has 1 aliphatic heterocycles. The van der Waals surface area contributed by atoms with E-state index in [0.29, 0.717) is 6.54 Å². The third-order valence-corrected chi connectivity index (χ3v) is 5.03. The van der Waals surface area contributed by atoms with Crippen LogP contribution in [0.15, 0.2) is 17.3 Å². The first-order valence-electron chi connectivity index (χ1n) is 6.82. The van der Waals surface area contributed by atoms with Crippen molar-refractivity contribution in [3.05, 3.63) is 12.4 Å². The van der Waals surface area contributed by atoms with Crippen LogP contribution in [0.4, 0.5) is 0 Å². The summed E-state index contributed by atoms with van der Waals surface area (Å²) in [6.07, 6.45) is 5.60. The number of carboxylic acid groups (broad SMARTS) is 1. The molecule has 0 amide bonds. The maximum atomic E-state index is 12.2. The first kappa shape index (κ1) is 15.9. The molecule has 1 unspecified atom stereocenters. The van der Waals surface area contributed by atoms with Crippen LogP contribution in [0.1, 0.15) is 19.3 Å². The summed E-state index contributed by atoms with van der Waals surface area (Å²) in [5.74, 6) is -1.07. The number of sulfonamides is 1. The highest BCUT2D eigenvalue weighted by atomic mass is 32.2. The van der Waals surface area contributed by atoms with Crippen LogP contribution in [0.2, 0.25) is 0 Å². The van der Waals surface area contributed by atoms with Crippen molar-refractivity contribution in [1.29, 1.82) is 0 Å². The largest absolute Gasteiger partial charge is 0.480 e. The molecule has 21 heavy (non-hydrogen) atoms. The van der Waals surface area contributed by atoms with Crippen LogP contribution in [0.3, 0.4) is 0 Å². The molecule has 1 aromatic rings. The highest BCUT2D eigenvalue weighted by molar-refractivity contribution is 7.89. The van der Waals surface area contributed by atoms with Crippen LogP contribution in [0, 0.1) is 0 Å². The first-order valence-corrected chi connectivity index (χ1v) is 8.31. The van der Waals surface area contributed by atoms with Gasteiger partial charge < -0.3 is 10.0 Å². The average molecular weight is 316 g/mol. The number of carbonyl (C=O) groups is 1. The number of aliphatic carboxylic acids is 1. The Hall–Kier alpha value is -1.45. The highest BCUT2D eigenvalue weighted by Gasteiger charge is 2.23. The minimum Gasteiger partial charge on any atom is -0.480 e. The minimum absolute atomic E-state index is 0.0118. The van der Waals surface area contributed by atoms with Gasteiger partial charge in [-0.3, -0.25) is 9.48 Å². The molecule has 0 radical (unpaired) electrons. The second-order valence-corrected chi connectivity index (χ2v) is 7.02. The van der Waals surface area contributed by atoms with Crippen molar-refractivity contribution in [2.75, 3.05) is 20.1 Å². The molecule has 9 heteroatoms. The van der Waals surface area contributed by atoms with Gasteiger partial charge >= 0.3 is 5.97 Å². The molecule has 1 aromatic heterocycles. The molecule has 2 heterocycles. The summed E-state index contributed by atoms with van der Waals surface area (Å²) >= 11 is 0. The second kappa shape index (κ2) is 6.54. The van der Waals surface area contributed by atoms with Crippen LogP contribution < -0.4 is 4.72 Å². The van der Waals surface area contributed by atoms with Crippen molar-refractivity contribution in [3.63, 3.8) is 0 Å². The number of hydrogen-bond donors (Lipinski definition) is 2. The molecule has 8 nitrogen and oxygen atoms in total. The summed E-state index contributed by atoms with van der Waals surface area (Å²) in [4.78, 5) is 12.7. The van der Waals surface area contributed by atoms with E-state index in [-0.39, 0.29) is 17.5 Å². The van der Waals surface area contributed by atoms with Crippen LogP contribution >= 0.6 is 0 Å². The summed E-state index contributed by atoms with van der Waals surface area (Å²) in [7, 11) is -1.66. The Morgan fingerprint density at radius 2 is 2.29 bits per heavy atom. The lowest BCUT2D eigenvalue weighted by atomic mass is 10.0. The van der Waals surface area contributed by atoms with E-state index in [1.165, 1.54) is 6.20 Å². The zero-order chi connectivity index (χ0) is 15.5. The Bertz CT molecular complexity index is 598. The van der Waals surface area contributed by atoms with Gasteiger partial charge in [0.05, 0.1) is 6.20 Å². The molecule has 0 aromatic carbocycles. The SMILES string of the molecule is CN1CCCCC1CNS(=O)(=O)c1cnn(CC(=O)O)c1. The van der Waals surface area contributed by atoms with Gasteiger partial charge in [0, 0.05) is 18.8 Å². The number of nitrogens with zero attached hydrogens (tertiary/aromatic N) is 3. The maximum absolute atomic E-state index is 12.2. The van der Waals surface area contributed by atoms with Gasteiger partial charge in [-0.2, -0.15) is 5.10 Å². The smallest absolute Gasteiger partial charge is 0.325 e. The lowest BCUT2D eigenvalue weighted by molar-refractivity contribution is -0.137. The number of aromatic nitrogens is 2. The summed E-state index contributed by atoms with van der Waals surface area (Å²) in [6, 6.07) is 0.197. The van der Waals surface area contributed by atoms with Crippen LogP contribution in [-0.2, 0) is 21.4 Å². The van der Waals surface area contributed by atoms with Crippen molar-refractivity contribution in [2.24, 2.45) is 0 Å². The van der Waals surface area contributed by atoms with Crippen LogP contribution in [0.5, 0.6) is 0 Å². The van der Waals surface area contributed by atoms with Crippen LogP contribution in [-0.4, -0.2) is 60.4 Å². The second-order valence-electron chi connectivity index (χ2n) is 5.25. The van der Waals surface area contributed by atoms with E-state index in [4.69, 9.17) is 5.11 Å². The highest BCUT2D eigenvalue weighted by Crippen LogP contribution is 2.15. The number of likely N-dealkylation sites (N-methyl/N-ethyl adjacent to an activating group) is 1. The molecule has 0 spiro atoms. The maximum Gasteiger partial charge on any atom is 0.325 e. The standard InChI is InChI=1S/C12H20N4O4S/c1-15-5-3-2-4-10(15)6-14-21(19,20)11-7-13-16(8-11)9-12(17)18/h7-8,10,14H,2-6,9H2,1H3,(H,17,18). The van der Waals surface area contributed by atoms with Gasteiger partial charge in [-0.05, 0) is 26.4 Å². The van der Waals surface area contributed by atoms with E-state index in [1.54, 1.807) is 0 Å². The number of hydrogen-bond acceptors (Lipinski definition) is 5. The Morgan fingerprint density at radius 3 is 2.95 bits per heavy atom. The van der Waals surface area contributed by atoms with E-state index in [2.05, 4.69) is 14.7 Å². The molecule has 0 aliphatic carbocycles. The molecule has 1 aliphatic rings. The van der Waals surface area contributed by atoms with Gasteiger partial charge in [0.15, 0.2) is 0 Å². The summed E-state index contributed by atoms with van der Waals surface area (Å²) in [6.45, 7) is 0.965. The number of piperidine rings is 1. The topological polar surface area (TPSA) is 105 Å². The van der Waals surface area contributed by atoms with Crippen LogP contribution in [0.25, 0.3) is 0 Å². The van der Waals surface area contributed by atoms with E-state index in [1.807, 2.05) is 7.05 Å². The summed E-state index contributed by atoms with van der Waals surface area (Å²) in [5.41, 5.74) is 0. The quantitative estimate of drug-likeness (QED) is 0.748. The average Bonchev–Trinajstić information content (AvgIpc) is 2.86. The molecule has 118 valence electrons. The summed E-state index contributed by atoms with van der Waals surface area (Å²) in [5, 5.41) is 12.4. The zero-order valence-electron chi connectivity index (χ0n) is 11.9. The number of rotatable bonds is 6. The molecule has 1 atom stereocenters. The van der Waals surface area contributed by atoms with Crippen molar-refractivity contribution >= 4 is 16.0 Å². The number of likely N-dealkylation sites (tertiary alicyclic amines) is 1.